The monoisotopic (exact) mass is 497 g/mol. The Morgan fingerprint density at radius 3 is 2.72 bits per heavy atom. The van der Waals surface area contributed by atoms with Gasteiger partial charge >= 0.3 is 0 Å². The van der Waals surface area contributed by atoms with Crippen LogP contribution in [0.15, 0.2) is 53.1 Å². The van der Waals surface area contributed by atoms with Crippen molar-refractivity contribution in [1.82, 2.24) is 9.97 Å². The first kappa shape index (κ1) is 23.2. The minimum absolute atomic E-state index is 0.0585. The smallest absolute Gasteiger partial charge is 0.271 e. The molecular formula is C23H24BrN5O3. The summed E-state index contributed by atoms with van der Waals surface area (Å²) in [6, 6.07) is 10.5. The highest BCUT2D eigenvalue weighted by atomic mass is 79.9. The van der Waals surface area contributed by atoms with Crippen LogP contribution in [-0.2, 0) is 6.42 Å². The van der Waals surface area contributed by atoms with Gasteiger partial charge in [-0.15, -0.1) is 0 Å². The quantitative estimate of drug-likeness (QED) is 0.291. The number of rotatable bonds is 6. The van der Waals surface area contributed by atoms with Crippen LogP contribution in [0.3, 0.4) is 0 Å². The molecule has 0 saturated carbocycles. The van der Waals surface area contributed by atoms with E-state index in [1.165, 1.54) is 36.4 Å². The van der Waals surface area contributed by atoms with Gasteiger partial charge in [-0.1, -0.05) is 32.1 Å². The van der Waals surface area contributed by atoms with Crippen LogP contribution >= 0.6 is 15.9 Å². The molecule has 0 aliphatic heterocycles. The van der Waals surface area contributed by atoms with Gasteiger partial charge in [0, 0.05) is 24.0 Å². The summed E-state index contributed by atoms with van der Waals surface area (Å²) in [5, 5.41) is 17.4. The Kier molecular flexibility index (Phi) is 7.77. The summed E-state index contributed by atoms with van der Waals surface area (Å²) < 4.78 is 5.98. The summed E-state index contributed by atoms with van der Waals surface area (Å²) in [6.45, 7) is 4.00. The number of hydrogen-bond donors (Lipinski definition) is 2. The molecule has 1 aliphatic rings. The predicted octanol–water partition coefficient (Wildman–Crippen LogP) is 6.63. The molecule has 0 bridgehead atoms. The van der Waals surface area contributed by atoms with Gasteiger partial charge in [-0.25, -0.2) is 4.98 Å². The van der Waals surface area contributed by atoms with Gasteiger partial charge in [0.2, 0.25) is 5.95 Å². The standard InChI is InChI=1S/C21H18BrN5O3.C2H6/c1-30-19-9-8-16(27(28)29)11-18(19)25-21-23-12-17(22)20(26-21)24-15-7-6-13-4-2-3-5-14(13)10-15;1-2/h2,4,6-12H,3,5H2,1H3,(H2,23,24,25,26);1-2H3. The molecule has 0 saturated heterocycles. The lowest BCUT2D eigenvalue weighted by Gasteiger charge is -2.15. The highest BCUT2D eigenvalue weighted by Crippen LogP contribution is 2.32. The number of nitrogens with one attached hydrogen (secondary N) is 2. The van der Waals surface area contributed by atoms with Crippen molar-refractivity contribution in [2.75, 3.05) is 17.7 Å². The minimum atomic E-state index is -0.467. The molecule has 9 heteroatoms. The number of methoxy groups -OCH3 is 1. The van der Waals surface area contributed by atoms with Crippen molar-refractivity contribution < 1.29 is 9.66 Å². The van der Waals surface area contributed by atoms with Gasteiger partial charge in [-0.3, -0.25) is 10.1 Å². The second-order valence-electron chi connectivity index (χ2n) is 6.64. The van der Waals surface area contributed by atoms with Gasteiger partial charge in [-0.05, 0) is 58.1 Å². The third-order valence-corrected chi connectivity index (χ3v) is 5.25. The molecule has 0 unspecified atom stereocenters. The van der Waals surface area contributed by atoms with Crippen LogP contribution in [-0.4, -0.2) is 22.0 Å². The molecule has 0 spiro atoms. The van der Waals surface area contributed by atoms with E-state index >= 15 is 0 Å². The van der Waals surface area contributed by atoms with E-state index in [4.69, 9.17) is 4.74 Å². The normalized spacial score (nSPS) is 11.6. The summed E-state index contributed by atoms with van der Waals surface area (Å²) >= 11 is 3.47. The number of nitro benzene ring substituents is 1. The Balaban J connectivity index is 0.00000141. The summed E-state index contributed by atoms with van der Waals surface area (Å²) in [7, 11) is 1.49. The molecule has 1 heterocycles. The number of ether oxygens (including phenoxy) is 1. The second kappa shape index (κ2) is 10.7. The van der Waals surface area contributed by atoms with Gasteiger partial charge in [0.15, 0.2) is 0 Å². The van der Waals surface area contributed by atoms with E-state index in [1.807, 2.05) is 19.9 Å². The van der Waals surface area contributed by atoms with E-state index in [-0.39, 0.29) is 11.6 Å². The molecule has 0 radical (unpaired) electrons. The van der Waals surface area contributed by atoms with Gasteiger partial charge < -0.3 is 15.4 Å². The average molecular weight is 498 g/mol. The van der Waals surface area contributed by atoms with Crippen molar-refractivity contribution in [3.63, 3.8) is 0 Å². The SMILES string of the molecule is CC.COc1ccc([N+](=O)[O-])cc1Nc1ncc(Br)c(Nc2ccc3c(c2)CCC=C3)n1. The molecule has 4 rings (SSSR count). The lowest BCUT2D eigenvalue weighted by Crippen LogP contribution is -2.04. The van der Waals surface area contributed by atoms with Crippen LogP contribution in [0.2, 0.25) is 0 Å². The van der Waals surface area contributed by atoms with E-state index in [0.717, 1.165) is 18.5 Å². The molecule has 3 aromatic rings. The highest BCUT2D eigenvalue weighted by molar-refractivity contribution is 9.10. The van der Waals surface area contributed by atoms with Crippen LogP contribution in [0.5, 0.6) is 5.75 Å². The van der Waals surface area contributed by atoms with Crippen LogP contribution < -0.4 is 15.4 Å². The van der Waals surface area contributed by atoms with Crippen molar-refractivity contribution >= 4 is 50.8 Å². The highest BCUT2D eigenvalue weighted by Gasteiger charge is 2.14. The molecule has 166 valence electrons. The van der Waals surface area contributed by atoms with Crippen molar-refractivity contribution in [3.05, 3.63) is 74.4 Å². The number of nitro groups is 1. The molecule has 32 heavy (non-hydrogen) atoms. The largest absolute Gasteiger partial charge is 0.495 e. The Bertz CT molecular complexity index is 1150. The van der Waals surface area contributed by atoms with E-state index in [2.05, 4.69) is 60.8 Å². The Morgan fingerprint density at radius 2 is 1.97 bits per heavy atom. The fourth-order valence-corrected chi connectivity index (χ4v) is 3.48. The molecule has 1 aliphatic carbocycles. The summed E-state index contributed by atoms with van der Waals surface area (Å²) in [5.41, 5.74) is 3.78. The summed E-state index contributed by atoms with van der Waals surface area (Å²) in [4.78, 5) is 19.4. The third kappa shape index (κ3) is 5.42. The summed E-state index contributed by atoms with van der Waals surface area (Å²) in [6.07, 6.45) is 7.97. The Labute approximate surface area is 195 Å². The van der Waals surface area contributed by atoms with E-state index in [9.17, 15) is 10.1 Å². The fraction of sp³-hybridized carbons (Fsp3) is 0.217. The van der Waals surface area contributed by atoms with Crippen LogP contribution in [0.1, 0.15) is 31.4 Å². The van der Waals surface area contributed by atoms with Crippen LogP contribution in [0.4, 0.5) is 28.8 Å². The fourth-order valence-electron chi connectivity index (χ4n) is 3.19. The zero-order valence-corrected chi connectivity index (χ0v) is 19.6. The first-order chi connectivity index (χ1) is 15.5. The van der Waals surface area contributed by atoms with E-state index in [1.54, 1.807) is 6.20 Å². The Hall–Kier alpha value is -3.46. The van der Waals surface area contributed by atoms with Crippen molar-refractivity contribution in [1.29, 1.82) is 0 Å². The second-order valence-corrected chi connectivity index (χ2v) is 7.49. The number of hydrogen-bond acceptors (Lipinski definition) is 7. The average Bonchev–Trinajstić information content (AvgIpc) is 2.82. The number of benzene rings is 2. The number of fused-ring (bicyclic) bond motifs is 1. The van der Waals surface area contributed by atoms with Gasteiger partial charge in [0.1, 0.15) is 11.6 Å². The van der Waals surface area contributed by atoms with Gasteiger partial charge in [0.05, 0.1) is 22.2 Å². The number of allylic oxidation sites excluding steroid dienone is 1. The number of non-ortho nitro benzene ring substituents is 1. The van der Waals surface area contributed by atoms with Crippen LogP contribution in [0, 0.1) is 10.1 Å². The number of aryl methyl sites for hydroxylation is 1. The summed E-state index contributed by atoms with van der Waals surface area (Å²) in [5.74, 6) is 1.30. The zero-order valence-electron chi connectivity index (χ0n) is 18.1. The predicted molar refractivity (Wildman–Crippen MR) is 131 cm³/mol. The Morgan fingerprint density at radius 1 is 1.16 bits per heavy atom. The lowest BCUT2D eigenvalue weighted by molar-refractivity contribution is -0.384. The molecular weight excluding hydrogens is 474 g/mol. The number of nitrogens with zero attached hydrogens (tertiary/aromatic N) is 3. The number of aromatic nitrogens is 2. The number of halogens is 1. The minimum Gasteiger partial charge on any atom is -0.495 e. The first-order valence-corrected chi connectivity index (χ1v) is 11.0. The van der Waals surface area contributed by atoms with Crippen molar-refractivity contribution in [2.24, 2.45) is 0 Å². The maximum atomic E-state index is 11.1. The molecule has 1 aromatic heterocycles. The molecule has 2 aromatic carbocycles. The molecule has 8 nitrogen and oxygen atoms in total. The maximum absolute atomic E-state index is 11.1. The molecule has 0 amide bonds. The van der Waals surface area contributed by atoms with Gasteiger partial charge in [0.25, 0.3) is 5.69 Å². The van der Waals surface area contributed by atoms with E-state index in [0.29, 0.717) is 21.7 Å². The molecule has 0 atom stereocenters. The molecule has 0 fully saturated rings. The number of anilines is 4. The third-order valence-electron chi connectivity index (χ3n) is 4.67. The van der Waals surface area contributed by atoms with Crippen LogP contribution in [0.25, 0.3) is 6.08 Å². The van der Waals surface area contributed by atoms with E-state index < -0.39 is 4.92 Å². The topological polar surface area (TPSA) is 102 Å². The van der Waals surface area contributed by atoms with Gasteiger partial charge in [-0.2, -0.15) is 4.98 Å². The maximum Gasteiger partial charge on any atom is 0.271 e. The van der Waals surface area contributed by atoms with Crippen molar-refractivity contribution in [2.45, 2.75) is 26.7 Å². The molecule has 2 N–H and O–H groups in total. The first-order valence-electron chi connectivity index (χ1n) is 10.2. The lowest BCUT2D eigenvalue weighted by atomic mass is 9.97. The van der Waals surface area contributed by atoms with Crippen molar-refractivity contribution in [3.8, 4) is 5.75 Å². The zero-order chi connectivity index (χ0) is 23.1.